The van der Waals surface area contributed by atoms with Crippen LogP contribution >= 0.6 is 0 Å². The highest BCUT2D eigenvalue weighted by Crippen LogP contribution is 2.26. The first-order valence-corrected chi connectivity index (χ1v) is 8.12. The lowest BCUT2D eigenvalue weighted by Gasteiger charge is -2.38. The lowest BCUT2D eigenvalue weighted by Crippen LogP contribution is -2.49. The lowest BCUT2D eigenvalue weighted by molar-refractivity contribution is 0.119. The molecule has 0 spiro atoms. The van der Waals surface area contributed by atoms with Crippen molar-refractivity contribution in [3.8, 4) is 0 Å². The van der Waals surface area contributed by atoms with Crippen LogP contribution < -0.4 is 5.32 Å². The molecule has 4 heteroatoms. The van der Waals surface area contributed by atoms with Crippen LogP contribution in [0.3, 0.4) is 0 Å². The van der Waals surface area contributed by atoms with Gasteiger partial charge in [0.25, 0.3) is 0 Å². The number of hydrogen-bond donors (Lipinski definition) is 1. The zero-order valence-corrected chi connectivity index (χ0v) is 11.9. The fourth-order valence-electron chi connectivity index (χ4n) is 3.89. The molecule has 0 aromatic carbocycles. The smallest absolute Gasteiger partial charge is 0.319 e. The number of likely N-dealkylation sites (tertiary alicyclic amines) is 2. The average Bonchev–Trinajstić information content (AvgIpc) is 3.02. The molecule has 19 heavy (non-hydrogen) atoms. The molecule has 0 aromatic heterocycles. The van der Waals surface area contributed by atoms with Gasteiger partial charge in [-0.3, -0.25) is 0 Å². The summed E-state index contributed by atoms with van der Waals surface area (Å²) < 4.78 is 0. The summed E-state index contributed by atoms with van der Waals surface area (Å²) in [6, 6.07) is 1.03. The third kappa shape index (κ3) is 3.04. The van der Waals surface area contributed by atoms with E-state index in [9.17, 15) is 4.79 Å². The predicted octanol–water partition coefficient (Wildman–Crippen LogP) is 2.06. The minimum Gasteiger partial charge on any atom is -0.325 e. The zero-order chi connectivity index (χ0) is 13.1. The maximum absolute atomic E-state index is 12.4. The summed E-state index contributed by atoms with van der Waals surface area (Å²) in [6.45, 7) is 5.08. The molecule has 3 saturated heterocycles. The first kappa shape index (κ1) is 13.2. The Bertz CT molecular complexity index is 301. The SMILES string of the molecule is O=C(N1CCCCC1)N1CCC(C2CCCN2)CC1. The third-order valence-corrected chi connectivity index (χ3v) is 5.10. The van der Waals surface area contributed by atoms with Crippen molar-refractivity contribution in [1.29, 1.82) is 0 Å². The Morgan fingerprint density at radius 3 is 2.16 bits per heavy atom. The first-order chi connectivity index (χ1) is 9.34. The van der Waals surface area contributed by atoms with Crippen LogP contribution in [0.25, 0.3) is 0 Å². The van der Waals surface area contributed by atoms with E-state index in [1.165, 1.54) is 51.5 Å². The maximum atomic E-state index is 12.4. The number of carbonyl (C=O) groups excluding carboxylic acids is 1. The number of amides is 2. The molecule has 1 N–H and O–H groups in total. The molecular weight excluding hydrogens is 238 g/mol. The second kappa shape index (κ2) is 6.12. The summed E-state index contributed by atoms with van der Waals surface area (Å²) in [5.41, 5.74) is 0. The van der Waals surface area contributed by atoms with Crippen molar-refractivity contribution in [2.45, 2.75) is 51.0 Å². The Balaban J connectivity index is 1.47. The largest absolute Gasteiger partial charge is 0.325 e. The summed E-state index contributed by atoms with van der Waals surface area (Å²) >= 11 is 0. The molecule has 4 nitrogen and oxygen atoms in total. The van der Waals surface area contributed by atoms with Crippen LogP contribution in [0.2, 0.25) is 0 Å². The van der Waals surface area contributed by atoms with E-state index in [4.69, 9.17) is 0 Å². The number of urea groups is 1. The highest BCUT2D eigenvalue weighted by atomic mass is 16.2. The Morgan fingerprint density at radius 1 is 0.842 bits per heavy atom. The van der Waals surface area contributed by atoms with Crippen molar-refractivity contribution in [3.63, 3.8) is 0 Å². The van der Waals surface area contributed by atoms with Crippen LogP contribution in [0.4, 0.5) is 4.79 Å². The fraction of sp³-hybridized carbons (Fsp3) is 0.933. The van der Waals surface area contributed by atoms with Gasteiger partial charge in [-0.1, -0.05) is 0 Å². The van der Waals surface area contributed by atoms with Gasteiger partial charge in [0, 0.05) is 32.2 Å². The second-order valence-electron chi connectivity index (χ2n) is 6.36. The van der Waals surface area contributed by atoms with Gasteiger partial charge in [0.1, 0.15) is 0 Å². The van der Waals surface area contributed by atoms with E-state index in [2.05, 4.69) is 15.1 Å². The van der Waals surface area contributed by atoms with Crippen LogP contribution in [-0.2, 0) is 0 Å². The van der Waals surface area contributed by atoms with E-state index in [0.29, 0.717) is 6.03 Å². The van der Waals surface area contributed by atoms with Crippen molar-refractivity contribution in [2.24, 2.45) is 5.92 Å². The van der Waals surface area contributed by atoms with E-state index in [0.717, 1.165) is 38.1 Å². The lowest BCUT2D eigenvalue weighted by atomic mass is 9.88. The number of rotatable bonds is 1. The summed E-state index contributed by atoms with van der Waals surface area (Å²) in [5.74, 6) is 0.799. The fourth-order valence-corrected chi connectivity index (χ4v) is 3.89. The van der Waals surface area contributed by atoms with E-state index in [1.807, 2.05) is 0 Å². The second-order valence-corrected chi connectivity index (χ2v) is 6.36. The Morgan fingerprint density at radius 2 is 1.53 bits per heavy atom. The third-order valence-electron chi connectivity index (χ3n) is 5.10. The van der Waals surface area contributed by atoms with Crippen LogP contribution in [0.1, 0.15) is 44.9 Å². The predicted molar refractivity (Wildman–Crippen MR) is 76.1 cm³/mol. The Labute approximate surface area is 116 Å². The Hall–Kier alpha value is -0.770. The summed E-state index contributed by atoms with van der Waals surface area (Å²) in [4.78, 5) is 16.6. The number of piperidine rings is 2. The molecule has 1 unspecified atom stereocenters. The highest BCUT2D eigenvalue weighted by molar-refractivity contribution is 5.74. The van der Waals surface area contributed by atoms with Gasteiger partial charge in [-0.2, -0.15) is 0 Å². The van der Waals surface area contributed by atoms with Crippen molar-refractivity contribution in [3.05, 3.63) is 0 Å². The van der Waals surface area contributed by atoms with Gasteiger partial charge in [-0.15, -0.1) is 0 Å². The quantitative estimate of drug-likeness (QED) is 0.787. The van der Waals surface area contributed by atoms with Gasteiger partial charge in [0.15, 0.2) is 0 Å². The molecule has 2 amide bonds. The van der Waals surface area contributed by atoms with Crippen LogP contribution in [0, 0.1) is 5.92 Å². The molecule has 3 fully saturated rings. The molecular formula is C15H27N3O. The van der Waals surface area contributed by atoms with Gasteiger partial charge in [0.05, 0.1) is 0 Å². The molecule has 0 saturated carbocycles. The average molecular weight is 265 g/mol. The van der Waals surface area contributed by atoms with Crippen LogP contribution in [0.15, 0.2) is 0 Å². The van der Waals surface area contributed by atoms with Gasteiger partial charge >= 0.3 is 6.03 Å². The Kier molecular flexibility index (Phi) is 4.26. The molecule has 0 aliphatic carbocycles. The van der Waals surface area contributed by atoms with Crippen molar-refractivity contribution in [2.75, 3.05) is 32.7 Å². The molecule has 3 aliphatic rings. The molecule has 3 rings (SSSR count). The van der Waals surface area contributed by atoms with Crippen LogP contribution in [0.5, 0.6) is 0 Å². The van der Waals surface area contributed by atoms with Gasteiger partial charge in [-0.05, 0) is 57.4 Å². The minimum atomic E-state index is 0.303. The molecule has 108 valence electrons. The van der Waals surface area contributed by atoms with Gasteiger partial charge < -0.3 is 15.1 Å². The molecule has 0 radical (unpaired) electrons. The van der Waals surface area contributed by atoms with E-state index < -0.39 is 0 Å². The number of nitrogens with one attached hydrogen (secondary N) is 1. The standard InChI is InChI=1S/C15H27N3O/c19-15(17-9-2-1-3-10-17)18-11-6-13(7-12-18)14-5-4-8-16-14/h13-14,16H,1-12H2. The number of carbonyl (C=O) groups is 1. The molecule has 3 heterocycles. The van der Waals surface area contributed by atoms with Crippen molar-refractivity contribution in [1.82, 2.24) is 15.1 Å². The zero-order valence-electron chi connectivity index (χ0n) is 11.9. The van der Waals surface area contributed by atoms with Crippen molar-refractivity contribution >= 4 is 6.03 Å². The highest BCUT2D eigenvalue weighted by Gasteiger charge is 2.31. The normalized spacial score (nSPS) is 29.8. The van der Waals surface area contributed by atoms with Gasteiger partial charge in [0.2, 0.25) is 0 Å². The summed E-state index contributed by atoms with van der Waals surface area (Å²) in [7, 11) is 0. The van der Waals surface area contributed by atoms with E-state index in [1.54, 1.807) is 0 Å². The maximum Gasteiger partial charge on any atom is 0.319 e. The van der Waals surface area contributed by atoms with Crippen molar-refractivity contribution < 1.29 is 4.79 Å². The molecule has 3 aliphatic heterocycles. The summed E-state index contributed by atoms with van der Waals surface area (Å²) in [5, 5.41) is 3.62. The number of nitrogens with zero attached hydrogens (tertiary/aromatic N) is 2. The number of hydrogen-bond acceptors (Lipinski definition) is 2. The topological polar surface area (TPSA) is 35.6 Å². The summed E-state index contributed by atoms with van der Waals surface area (Å²) in [6.07, 6.45) is 8.72. The van der Waals surface area contributed by atoms with Gasteiger partial charge in [-0.25, -0.2) is 4.79 Å². The van der Waals surface area contributed by atoms with E-state index >= 15 is 0 Å². The monoisotopic (exact) mass is 265 g/mol. The molecule has 0 aromatic rings. The minimum absolute atomic E-state index is 0.303. The molecule has 1 atom stereocenters. The van der Waals surface area contributed by atoms with Crippen LogP contribution in [-0.4, -0.2) is 54.6 Å². The van der Waals surface area contributed by atoms with E-state index in [-0.39, 0.29) is 0 Å². The first-order valence-electron chi connectivity index (χ1n) is 8.12. The molecule has 0 bridgehead atoms.